The number of morpholine rings is 1. The molecule has 1 fully saturated rings. The summed E-state index contributed by atoms with van der Waals surface area (Å²) < 4.78 is 5.76. The molecule has 1 aliphatic rings. The molecule has 2 unspecified atom stereocenters. The number of benzene rings is 1. The van der Waals surface area contributed by atoms with Crippen LogP contribution in [0.15, 0.2) is 24.3 Å². The van der Waals surface area contributed by atoms with Crippen LogP contribution >= 0.6 is 11.6 Å². The van der Waals surface area contributed by atoms with Crippen molar-refractivity contribution in [2.24, 2.45) is 5.73 Å². The van der Waals surface area contributed by atoms with Gasteiger partial charge >= 0.3 is 0 Å². The molecule has 0 spiro atoms. The summed E-state index contributed by atoms with van der Waals surface area (Å²) in [5.74, 6) is 0. The number of likely N-dealkylation sites (N-methyl/N-ethyl adjacent to an activating group) is 1. The molecule has 0 bridgehead atoms. The minimum Gasteiger partial charge on any atom is -0.374 e. The van der Waals surface area contributed by atoms with E-state index >= 15 is 0 Å². The summed E-state index contributed by atoms with van der Waals surface area (Å²) in [5, 5.41) is 0.792. The van der Waals surface area contributed by atoms with Crippen LogP contribution < -0.4 is 5.73 Å². The molecular weight excluding hydrogens is 236 g/mol. The molecule has 2 N–H and O–H groups in total. The largest absolute Gasteiger partial charge is 0.374 e. The first kappa shape index (κ1) is 12.8. The highest BCUT2D eigenvalue weighted by Gasteiger charge is 2.32. The van der Waals surface area contributed by atoms with E-state index in [1.54, 1.807) is 0 Å². The molecule has 2 rings (SSSR count). The maximum Gasteiger partial charge on any atom is 0.0894 e. The monoisotopic (exact) mass is 254 g/mol. The molecule has 2 atom stereocenters. The third kappa shape index (κ3) is 2.63. The first-order valence-electron chi connectivity index (χ1n) is 6.08. The highest BCUT2D eigenvalue weighted by atomic mass is 35.5. The zero-order valence-corrected chi connectivity index (χ0v) is 10.9. The first-order chi connectivity index (χ1) is 8.27. The average Bonchev–Trinajstić information content (AvgIpc) is 2.38. The number of nitrogens with two attached hydrogens (primary N) is 1. The minimum absolute atomic E-state index is 0.0311. The Morgan fingerprint density at radius 1 is 1.47 bits per heavy atom. The van der Waals surface area contributed by atoms with Crippen molar-refractivity contribution in [1.82, 2.24) is 4.90 Å². The summed E-state index contributed by atoms with van der Waals surface area (Å²) in [4.78, 5) is 2.38. The molecule has 1 aliphatic heterocycles. The third-order valence-electron chi connectivity index (χ3n) is 3.32. The lowest BCUT2D eigenvalue weighted by Gasteiger charge is -2.41. The van der Waals surface area contributed by atoms with E-state index in [2.05, 4.69) is 17.9 Å². The summed E-state index contributed by atoms with van der Waals surface area (Å²) in [6, 6.07) is 8.12. The third-order valence-corrected chi connectivity index (χ3v) is 3.66. The zero-order valence-electron chi connectivity index (χ0n) is 10.1. The fourth-order valence-corrected chi connectivity index (χ4v) is 2.70. The van der Waals surface area contributed by atoms with E-state index in [1.165, 1.54) is 0 Å². The topological polar surface area (TPSA) is 38.5 Å². The summed E-state index contributed by atoms with van der Waals surface area (Å²) >= 11 is 6.28. The Hall–Kier alpha value is -0.610. The highest BCUT2D eigenvalue weighted by molar-refractivity contribution is 6.31. The molecule has 1 saturated heterocycles. The van der Waals surface area contributed by atoms with Crippen LogP contribution in [0.2, 0.25) is 5.02 Å². The second-order valence-electron chi connectivity index (χ2n) is 4.24. The molecule has 0 saturated carbocycles. The van der Waals surface area contributed by atoms with Crippen molar-refractivity contribution in [2.45, 2.75) is 19.1 Å². The van der Waals surface area contributed by atoms with E-state index in [0.717, 1.165) is 30.3 Å². The lowest BCUT2D eigenvalue weighted by Crippen LogP contribution is -2.48. The molecule has 1 heterocycles. The summed E-state index contributed by atoms with van der Waals surface area (Å²) in [7, 11) is 0. The van der Waals surface area contributed by atoms with Gasteiger partial charge in [-0.3, -0.25) is 4.90 Å². The van der Waals surface area contributed by atoms with E-state index < -0.39 is 0 Å². The van der Waals surface area contributed by atoms with Crippen LogP contribution in [-0.4, -0.2) is 37.2 Å². The number of rotatable bonds is 3. The Labute approximate surface area is 107 Å². The zero-order chi connectivity index (χ0) is 12.3. The SMILES string of the molecule is CCN1CCOC(CN)C1c1ccccc1Cl. The van der Waals surface area contributed by atoms with Gasteiger partial charge in [0.05, 0.1) is 18.8 Å². The van der Waals surface area contributed by atoms with Gasteiger partial charge in [0.2, 0.25) is 0 Å². The molecule has 0 aromatic heterocycles. The Kier molecular flexibility index (Phi) is 4.40. The van der Waals surface area contributed by atoms with E-state index in [1.807, 2.05) is 18.2 Å². The van der Waals surface area contributed by atoms with Gasteiger partial charge in [-0.25, -0.2) is 0 Å². The van der Waals surface area contributed by atoms with Crippen LogP contribution in [-0.2, 0) is 4.74 Å². The molecule has 1 aromatic rings. The van der Waals surface area contributed by atoms with Crippen LogP contribution in [0.3, 0.4) is 0 Å². The first-order valence-corrected chi connectivity index (χ1v) is 6.45. The van der Waals surface area contributed by atoms with Gasteiger partial charge in [0.1, 0.15) is 0 Å². The molecule has 4 heteroatoms. The maximum atomic E-state index is 6.28. The fourth-order valence-electron chi connectivity index (χ4n) is 2.45. The van der Waals surface area contributed by atoms with E-state index in [0.29, 0.717) is 6.54 Å². The van der Waals surface area contributed by atoms with Crippen molar-refractivity contribution in [2.75, 3.05) is 26.2 Å². The van der Waals surface area contributed by atoms with Gasteiger partial charge in [0, 0.05) is 18.1 Å². The lowest BCUT2D eigenvalue weighted by atomic mass is 9.98. The molecule has 94 valence electrons. The van der Waals surface area contributed by atoms with Crippen LogP contribution in [0.1, 0.15) is 18.5 Å². The number of nitrogens with zero attached hydrogens (tertiary/aromatic N) is 1. The Bertz CT molecular complexity index is 360. The van der Waals surface area contributed by atoms with Crippen LogP contribution in [0.4, 0.5) is 0 Å². The van der Waals surface area contributed by atoms with Gasteiger partial charge in [-0.05, 0) is 18.2 Å². The van der Waals surface area contributed by atoms with E-state index in [-0.39, 0.29) is 12.1 Å². The van der Waals surface area contributed by atoms with Crippen LogP contribution in [0, 0.1) is 0 Å². The standard InChI is InChI=1S/C13H19ClN2O/c1-2-16-7-8-17-12(9-15)13(16)10-5-3-4-6-11(10)14/h3-6,12-13H,2,7-9,15H2,1H3. The van der Waals surface area contributed by atoms with Crippen LogP contribution in [0.25, 0.3) is 0 Å². The summed E-state index contributed by atoms with van der Waals surface area (Å²) in [5.41, 5.74) is 6.92. The predicted octanol–water partition coefficient (Wildman–Crippen LogP) is 2.06. The molecule has 0 radical (unpaired) electrons. The highest BCUT2D eigenvalue weighted by Crippen LogP contribution is 2.33. The summed E-state index contributed by atoms with van der Waals surface area (Å²) in [6.45, 7) is 5.34. The Morgan fingerprint density at radius 2 is 2.24 bits per heavy atom. The smallest absolute Gasteiger partial charge is 0.0894 e. The minimum atomic E-state index is 0.0311. The molecule has 3 nitrogen and oxygen atoms in total. The normalized spacial score (nSPS) is 26.1. The fraction of sp³-hybridized carbons (Fsp3) is 0.538. The molecule has 1 aromatic carbocycles. The van der Waals surface area contributed by atoms with E-state index in [9.17, 15) is 0 Å². The van der Waals surface area contributed by atoms with Crippen molar-refractivity contribution in [3.8, 4) is 0 Å². The van der Waals surface area contributed by atoms with Crippen molar-refractivity contribution in [1.29, 1.82) is 0 Å². The predicted molar refractivity (Wildman–Crippen MR) is 70.2 cm³/mol. The van der Waals surface area contributed by atoms with Crippen molar-refractivity contribution >= 4 is 11.6 Å². The van der Waals surface area contributed by atoms with Gasteiger partial charge < -0.3 is 10.5 Å². The van der Waals surface area contributed by atoms with Crippen molar-refractivity contribution < 1.29 is 4.74 Å². The van der Waals surface area contributed by atoms with Crippen molar-refractivity contribution in [3.05, 3.63) is 34.9 Å². The quantitative estimate of drug-likeness (QED) is 0.898. The van der Waals surface area contributed by atoms with Gasteiger partial charge in [-0.15, -0.1) is 0 Å². The van der Waals surface area contributed by atoms with Gasteiger partial charge in [-0.2, -0.15) is 0 Å². The maximum absolute atomic E-state index is 6.28. The van der Waals surface area contributed by atoms with E-state index in [4.69, 9.17) is 22.1 Å². The number of ether oxygens (including phenoxy) is 1. The lowest BCUT2D eigenvalue weighted by molar-refractivity contribution is -0.0658. The number of hydrogen-bond acceptors (Lipinski definition) is 3. The molecule has 0 amide bonds. The average molecular weight is 255 g/mol. The molecule has 0 aliphatic carbocycles. The second-order valence-corrected chi connectivity index (χ2v) is 4.65. The van der Waals surface area contributed by atoms with Gasteiger partial charge in [-0.1, -0.05) is 36.7 Å². The Morgan fingerprint density at radius 3 is 2.88 bits per heavy atom. The van der Waals surface area contributed by atoms with Crippen LogP contribution in [0.5, 0.6) is 0 Å². The van der Waals surface area contributed by atoms with Gasteiger partial charge in [0.25, 0.3) is 0 Å². The second kappa shape index (κ2) is 5.83. The Balaban J connectivity index is 2.33. The van der Waals surface area contributed by atoms with Crippen molar-refractivity contribution in [3.63, 3.8) is 0 Å². The van der Waals surface area contributed by atoms with Gasteiger partial charge in [0.15, 0.2) is 0 Å². The number of halogens is 1. The molecule has 17 heavy (non-hydrogen) atoms. The summed E-state index contributed by atoms with van der Waals surface area (Å²) in [6.07, 6.45) is 0.0311. The molecular formula is C13H19ClN2O. The number of hydrogen-bond donors (Lipinski definition) is 1.